The number of nitrogens with one attached hydrogen (secondary N) is 2. The second-order valence-corrected chi connectivity index (χ2v) is 5.26. The molecule has 0 atom stereocenters. The van der Waals surface area contributed by atoms with E-state index in [9.17, 15) is 4.79 Å². The molecule has 0 spiro atoms. The van der Waals surface area contributed by atoms with Crippen LogP contribution in [0.15, 0.2) is 42.5 Å². The van der Waals surface area contributed by atoms with Crippen LogP contribution in [0, 0.1) is 0 Å². The summed E-state index contributed by atoms with van der Waals surface area (Å²) in [6.07, 6.45) is 0. The fourth-order valence-electron chi connectivity index (χ4n) is 1.91. The maximum absolute atomic E-state index is 11.1. The maximum Gasteiger partial charge on any atom is 0.221 e. The van der Waals surface area contributed by atoms with Crippen molar-refractivity contribution in [1.29, 1.82) is 0 Å². The highest BCUT2D eigenvalue weighted by Gasteiger charge is 2.10. The second-order valence-electron chi connectivity index (χ2n) is 4.41. The van der Waals surface area contributed by atoms with Crippen molar-refractivity contribution in [3.8, 4) is 0 Å². The average molecular weight is 320 g/mol. The van der Waals surface area contributed by atoms with Gasteiger partial charge in [-0.2, -0.15) is 0 Å². The zero-order chi connectivity index (χ0) is 15.4. The van der Waals surface area contributed by atoms with E-state index in [1.54, 1.807) is 12.1 Å². The van der Waals surface area contributed by atoms with Crippen LogP contribution in [0.5, 0.6) is 0 Å². The topological polar surface area (TPSA) is 67.2 Å². The fourth-order valence-corrected chi connectivity index (χ4v) is 2.46. The summed E-state index contributed by atoms with van der Waals surface area (Å²) in [5.41, 5.74) is 8.52. The molecule has 2 aromatic rings. The van der Waals surface area contributed by atoms with Gasteiger partial charge in [0.2, 0.25) is 5.91 Å². The quantitative estimate of drug-likeness (QED) is 0.752. The van der Waals surface area contributed by atoms with E-state index >= 15 is 0 Å². The maximum atomic E-state index is 11.1. The van der Waals surface area contributed by atoms with E-state index in [4.69, 9.17) is 29.6 Å². The first-order valence-corrected chi connectivity index (χ1v) is 6.99. The van der Waals surface area contributed by atoms with Gasteiger partial charge in [-0.1, -0.05) is 36.0 Å². The van der Waals surface area contributed by atoms with Crippen molar-refractivity contribution in [2.24, 2.45) is 5.73 Å². The smallest absolute Gasteiger partial charge is 0.221 e. The first-order valence-electron chi connectivity index (χ1n) is 6.20. The minimum absolute atomic E-state index is 0.126. The van der Waals surface area contributed by atoms with E-state index in [-0.39, 0.29) is 10.9 Å². The molecule has 0 fully saturated rings. The number of hydrogen-bond donors (Lipinski definition) is 3. The van der Waals surface area contributed by atoms with Gasteiger partial charge in [0.05, 0.1) is 16.3 Å². The van der Waals surface area contributed by atoms with Crippen molar-refractivity contribution in [1.82, 2.24) is 0 Å². The first-order chi connectivity index (χ1) is 9.97. The van der Waals surface area contributed by atoms with Gasteiger partial charge in [-0.05, 0) is 30.3 Å². The molecule has 4 nitrogen and oxygen atoms in total. The van der Waals surface area contributed by atoms with E-state index in [2.05, 4.69) is 10.6 Å². The average Bonchev–Trinajstić information content (AvgIpc) is 2.37. The number of carbonyl (C=O) groups excluding carboxylic acids is 1. The Labute approximate surface area is 133 Å². The Morgan fingerprint density at radius 2 is 1.86 bits per heavy atom. The van der Waals surface area contributed by atoms with Crippen LogP contribution in [-0.2, 0) is 4.79 Å². The number of halogens is 1. The van der Waals surface area contributed by atoms with Gasteiger partial charge in [0.25, 0.3) is 0 Å². The molecule has 0 saturated carbocycles. The van der Waals surface area contributed by atoms with Crippen molar-refractivity contribution < 1.29 is 4.79 Å². The van der Waals surface area contributed by atoms with Gasteiger partial charge in [0, 0.05) is 18.3 Å². The molecule has 108 valence electrons. The molecule has 2 aromatic carbocycles. The summed E-state index contributed by atoms with van der Waals surface area (Å²) in [6.45, 7) is 1.46. The number of hydrogen-bond acceptors (Lipinski definition) is 3. The van der Waals surface area contributed by atoms with Crippen LogP contribution >= 0.6 is 23.8 Å². The number of thiocarbonyl (C=S) groups is 1. The van der Waals surface area contributed by atoms with Crippen LogP contribution in [0.3, 0.4) is 0 Å². The molecular weight excluding hydrogens is 306 g/mol. The predicted octanol–water partition coefficient (Wildman–Crippen LogP) is 3.68. The molecule has 0 radical (unpaired) electrons. The molecule has 0 aliphatic heterocycles. The molecule has 4 N–H and O–H groups in total. The Balaban J connectivity index is 2.32. The van der Waals surface area contributed by atoms with Crippen molar-refractivity contribution in [2.45, 2.75) is 6.92 Å². The minimum atomic E-state index is -0.126. The first kappa shape index (κ1) is 15.3. The zero-order valence-corrected chi connectivity index (χ0v) is 12.9. The van der Waals surface area contributed by atoms with Crippen LogP contribution in [-0.4, -0.2) is 10.9 Å². The molecule has 0 heterocycles. The lowest BCUT2D eigenvalue weighted by molar-refractivity contribution is -0.114. The lowest BCUT2D eigenvalue weighted by Crippen LogP contribution is -2.12. The Morgan fingerprint density at radius 1 is 1.19 bits per heavy atom. The van der Waals surface area contributed by atoms with Crippen LogP contribution in [0.2, 0.25) is 5.02 Å². The van der Waals surface area contributed by atoms with Crippen LogP contribution < -0.4 is 16.4 Å². The van der Waals surface area contributed by atoms with Gasteiger partial charge in [0.1, 0.15) is 4.99 Å². The third kappa shape index (κ3) is 3.93. The highest BCUT2D eigenvalue weighted by atomic mass is 35.5. The van der Waals surface area contributed by atoms with Gasteiger partial charge >= 0.3 is 0 Å². The number of amides is 1. The Kier molecular flexibility index (Phi) is 4.77. The highest BCUT2D eigenvalue weighted by molar-refractivity contribution is 7.80. The summed E-state index contributed by atoms with van der Waals surface area (Å²) < 4.78 is 0. The van der Waals surface area contributed by atoms with Crippen LogP contribution in [0.1, 0.15) is 12.5 Å². The molecular formula is C15H14ClN3OS. The standard InChI is InChI=1S/C15H14ClN3OS/c1-9(20)18-10-4-2-5-11(8-10)19-13-7-3-6-12(16)14(13)15(17)21/h2-8,19H,1H3,(H2,17,21)(H,18,20). The van der Waals surface area contributed by atoms with E-state index in [0.717, 1.165) is 11.4 Å². The third-order valence-electron chi connectivity index (χ3n) is 2.72. The Bertz CT molecular complexity index is 703. The summed E-state index contributed by atoms with van der Waals surface area (Å²) in [5.74, 6) is -0.126. The fraction of sp³-hybridized carbons (Fsp3) is 0.0667. The number of benzene rings is 2. The molecule has 0 bridgehead atoms. The van der Waals surface area contributed by atoms with Crippen molar-refractivity contribution in [3.05, 3.63) is 53.1 Å². The van der Waals surface area contributed by atoms with E-state index in [1.165, 1.54) is 6.92 Å². The normalized spacial score (nSPS) is 10.0. The lowest BCUT2D eigenvalue weighted by atomic mass is 10.1. The molecule has 2 rings (SSSR count). The van der Waals surface area contributed by atoms with E-state index in [1.807, 2.05) is 30.3 Å². The highest BCUT2D eigenvalue weighted by Crippen LogP contribution is 2.28. The summed E-state index contributed by atoms with van der Waals surface area (Å²) in [5, 5.41) is 6.42. The number of rotatable bonds is 4. The summed E-state index contributed by atoms with van der Waals surface area (Å²) in [7, 11) is 0. The van der Waals surface area contributed by atoms with Gasteiger partial charge in [-0.3, -0.25) is 4.79 Å². The van der Waals surface area contributed by atoms with Gasteiger partial charge in [-0.15, -0.1) is 0 Å². The lowest BCUT2D eigenvalue weighted by Gasteiger charge is -2.13. The number of carbonyl (C=O) groups is 1. The third-order valence-corrected chi connectivity index (χ3v) is 3.24. The van der Waals surface area contributed by atoms with Gasteiger partial charge in [-0.25, -0.2) is 0 Å². The monoisotopic (exact) mass is 319 g/mol. The predicted molar refractivity (Wildman–Crippen MR) is 91.4 cm³/mol. The second kappa shape index (κ2) is 6.56. The van der Waals surface area contributed by atoms with E-state index < -0.39 is 0 Å². The van der Waals surface area contributed by atoms with Gasteiger partial charge < -0.3 is 16.4 Å². The number of anilines is 3. The molecule has 21 heavy (non-hydrogen) atoms. The summed E-state index contributed by atoms with van der Waals surface area (Å²) in [4.78, 5) is 11.3. The molecule has 0 unspecified atom stereocenters. The Hall–Kier alpha value is -2.11. The zero-order valence-electron chi connectivity index (χ0n) is 11.3. The molecule has 0 aliphatic carbocycles. The molecule has 6 heteroatoms. The van der Waals surface area contributed by atoms with Crippen molar-refractivity contribution >= 4 is 51.8 Å². The summed E-state index contributed by atoms with van der Waals surface area (Å²) in [6, 6.07) is 12.7. The number of nitrogens with two attached hydrogens (primary N) is 1. The largest absolute Gasteiger partial charge is 0.389 e. The minimum Gasteiger partial charge on any atom is -0.389 e. The van der Waals surface area contributed by atoms with Crippen molar-refractivity contribution in [3.63, 3.8) is 0 Å². The molecule has 0 aliphatic rings. The molecule has 0 saturated heterocycles. The molecule has 1 amide bonds. The van der Waals surface area contributed by atoms with E-state index in [0.29, 0.717) is 16.3 Å². The summed E-state index contributed by atoms with van der Waals surface area (Å²) >= 11 is 11.2. The van der Waals surface area contributed by atoms with Crippen molar-refractivity contribution in [2.75, 3.05) is 10.6 Å². The van der Waals surface area contributed by atoms with Crippen LogP contribution in [0.4, 0.5) is 17.1 Å². The SMILES string of the molecule is CC(=O)Nc1cccc(Nc2cccc(Cl)c2C(N)=S)c1. The molecule has 0 aromatic heterocycles. The van der Waals surface area contributed by atoms with Gasteiger partial charge in [0.15, 0.2) is 0 Å². The van der Waals surface area contributed by atoms with Crippen LogP contribution in [0.25, 0.3) is 0 Å². The Morgan fingerprint density at radius 3 is 2.52 bits per heavy atom.